The van der Waals surface area contributed by atoms with Crippen LogP contribution in [-0.2, 0) is 6.42 Å². The summed E-state index contributed by atoms with van der Waals surface area (Å²) in [5.41, 5.74) is 1.39. The number of aromatic nitrogens is 1. The van der Waals surface area contributed by atoms with Gasteiger partial charge in [0.15, 0.2) is 0 Å². The normalized spacial score (nSPS) is 20.9. The Morgan fingerprint density at radius 2 is 2.43 bits per heavy atom. The Morgan fingerprint density at radius 1 is 1.57 bits per heavy atom. The minimum atomic E-state index is 0.670. The minimum Gasteiger partial charge on any atom is -0.316 e. The van der Waals surface area contributed by atoms with Crippen LogP contribution in [0.15, 0.2) is 0 Å². The van der Waals surface area contributed by atoms with Gasteiger partial charge < -0.3 is 5.32 Å². The lowest BCUT2D eigenvalue weighted by molar-refractivity contribution is 0.508. The van der Waals surface area contributed by atoms with Crippen molar-refractivity contribution in [2.75, 3.05) is 13.1 Å². The summed E-state index contributed by atoms with van der Waals surface area (Å²) < 4.78 is 0. The molecular formula is C11H18N2S. The molecule has 2 rings (SSSR count). The highest BCUT2D eigenvalue weighted by atomic mass is 32.1. The molecule has 1 atom stereocenters. The third-order valence-corrected chi connectivity index (χ3v) is 3.86. The Balaban J connectivity index is 2.13. The summed E-state index contributed by atoms with van der Waals surface area (Å²) in [5, 5.41) is 4.67. The number of fused-ring (bicyclic) bond motifs is 1. The average molecular weight is 210 g/mol. The Hall–Kier alpha value is -0.410. The molecule has 0 radical (unpaired) electrons. The van der Waals surface area contributed by atoms with Gasteiger partial charge >= 0.3 is 0 Å². The van der Waals surface area contributed by atoms with Crippen molar-refractivity contribution < 1.29 is 0 Å². The molecule has 0 aliphatic heterocycles. The molecule has 2 nitrogen and oxygen atoms in total. The lowest BCUT2D eigenvalue weighted by Crippen LogP contribution is -2.23. The first-order chi connectivity index (χ1) is 6.81. The quantitative estimate of drug-likeness (QED) is 0.829. The lowest BCUT2D eigenvalue weighted by atomic mass is 9.91. The Kier molecular flexibility index (Phi) is 3.19. The topological polar surface area (TPSA) is 24.9 Å². The number of aryl methyl sites for hydroxylation is 2. The van der Waals surface area contributed by atoms with Gasteiger partial charge in [-0.15, -0.1) is 11.3 Å². The summed E-state index contributed by atoms with van der Waals surface area (Å²) in [6.45, 7) is 6.45. The van der Waals surface area contributed by atoms with E-state index in [0.717, 1.165) is 13.1 Å². The summed E-state index contributed by atoms with van der Waals surface area (Å²) in [6.07, 6.45) is 3.90. The average Bonchev–Trinajstić information content (AvgIpc) is 2.55. The van der Waals surface area contributed by atoms with E-state index in [0.29, 0.717) is 5.92 Å². The molecule has 0 amide bonds. The van der Waals surface area contributed by atoms with Crippen molar-refractivity contribution in [2.24, 2.45) is 0 Å². The first-order valence-corrected chi connectivity index (χ1v) is 6.29. The molecule has 1 N–H and O–H groups in total. The molecule has 3 heteroatoms. The number of nitrogens with zero attached hydrogens (tertiary/aromatic N) is 1. The van der Waals surface area contributed by atoms with E-state index in [1.54, 1.807) is 0 Å². The van der Waals surface area contributed by atoms with Crippen LogP contribution in [0.25, 0.3) is 0 Å². The van der Waals surface area contributed by atoms with E-state index in [-0.39, 0.29) is 0 Å². The van der Waals surface area contributed by atoms with Crippen molar-refractivity contribution in [1.29, 1.82) is 0 Å². The van der Waals surface area contributed by atoms with Gasteiger partial charge in [-0.05, 0) is 32.7 Å². The molecule has 1 heterocycles. The third-order valence-electron chi connectivity index (χ3n) is 2.82. The first kappa shape index (κ1) is 10.1. The maximum absolute atomic E-state index is 4.66. The fourth-order valence-corrected chi connectivity index (χ4v) is 3.21. The van der Waals surface area contributed by atoms with Crippen LogP contribution in [0, 0.1) is 6.92 Å². The van der Waals surface area contributed by atoms with Crippen LogP contribution in [0.4, 0.5) is 0 Å². The Bertz CT molecular complexity index is 306. The zero-order valence-corrected chi connectivity index (χ0v) is 9.78. The van der Waals surface area contributed by atoms with Gasteiger partial charge in [0.2, 0.25) is 0 Å². The Morgan fingerprint density at radius 3 is 3.21 bits per heavy atom. The standard InChI is InChI=1S/C11H18N2S/c1-3-12-7-9-5-4-6-10-11(9)13-8(2)14-10/h9,12H,3-7H2,1-2H3. The fourth-order valence-electron chi connectivity index (χ4n) is 2.15. The van der Waals surface area contributed by atoms with Crippen molar-refractivity contribution in [3.05, 3.63) is 15.6 Å². The number of hydrogen-bond donors (Lipinski definition) is 1. The van der Waals surface area contributed by atoms with Gasteiger partial charge in [-0.1, -0.05) is 6.92 Å². The summed E-state index contributed by atoms with van der Waals surface area (Å²) in [5.74, 6) is 0.670. The van der Waals surface area contributed by atoms with Crippen molar-refractivity contribution >= 4 is 11.3 Å². The molecular weight excluding hydrogens is 192 g/mol. The molecule has 1 unspecified atom stereocenters. The van der Waals surface area contributed by atoms with E-state index in [9.17, 15) is 0 Å². The highest BCUT2D eigenvalue weighted by Crippen LogP contribution is 2.33. The van der Waals surface area contributed by atoms with Gasteiger partial charge in [0.1, 0.15) is 0 Å². The fraction of sp³-hybridized carbons (Fsp3) is 0.727. The summed E-state index contributed by atoms with van der Waals surface area (Å²) >= 11 is 1.89. The van der Waals surface area contributed by atoms with Crippen molar-refractivity contribution in [2.45, 2.75) is 39.0 Å². The number of nitrogens with one attached hydrogen (secondary N) is 1. The van der Waals surface area contributed by atoms with E-state index >= 15 is 0 Å². The zero-order valence-electron chi connectivity index (χ0n) is 8.97. The number of rotatable bonds is 3. The van der Waals surface area contributed by atoms with Crippen LogP contribution in [0.5, 0.6) is 0 Å². The number of hydrogen-bond acceptors (Lipinski definition) is 3. The van der Waals surface area contributed by atoms with Gasteiger partial charge in [-0.2, -0.15) is 0 Å². The van der Waals surface area contributed by atoms with Gasteiger partial charge in [0, 0.05) is 17.3 Å². The van der Waals surface area contributed by atoms with Crippen molar-refractivity contribution in [3.8, 4) is 0 Å². The number of thiazole rings is 1. The highest BCUT2D eigenvalue weighted by molar-refractivity contribution is 7.11. The molecule has 0 bridgehead atoms. The van der Waals surface area contributed by atoms with Crippen LogP contribution < -0.4 is 5.32 Å². The first-order valence-electron chi connectivity index (χ1n) is 5.48. The molecule has 1 aliphatic carbocycles. The SMILES string of the molecule is CCNCC1CCCc2sc(C)nc21. The van der Waals surface area contributed by atoms with Crippen LogP contribution in [-0.4, -0.2) is 18.1 Å². The third kappa shape index (κ3) is 1.98. The number of likely N-dealkylation sites (N-methyl/N-ethyl adjacent to an activating group) is 1. The second-order valence-corrected chi connectivity index (χ2v) is 5.23. The molecule has 0 aromatic carbocycles. The van der Waals surface area contributed by atoms with E-state index in [1.807, 2.05) is 11.3 Å². The second-order valence-electron chi connectivity index (χ2n) is 3.94. The zero-order chi connectivity index (χ0) is 9.97. The van der Waals surface area contributed by atoms with Crippen LogP contribution in [0.1, 0.15) is 41.3 Å². The largest absolute Gasteiger partial charge is 0.316 e. The highest BCUT2D eigenvalue weighted by Gasteiger charge is 2.23. The summed E-state index contributed by atoms with van der Waals surface area (Å²) in [7, 11) is 0. The van der Waals surface area contributed by atoms with Gasteiger partial charge in [-0.25, -0.2) is 4.98 Å². The molecule has 1 aliphatic rings. The molecule has 78 valence electrons. The van der Waals surface area contributed by atoms with Crippen LogP contribution in [0.2, 0.25) is 0 Å². The molecule has 0 saturated carbocycles. The second kappa shape index (κ2) is 4.41. The molecule has 0 spiro atoms. The maximum atomic E-state index is 4.66. The molecule has 14 heavy (non-hydrogen) atoms. The minimum absolute atomic E-state index is 0.670. The smallest absolute Gasteiger partial charge is 0.0900 e. The summed E-state index contributed by atoms with van der Waals surface area (Å²) in [4.78, 5) is 6.20. The van der Waals surface area contributed by atoms with Gasteiger partial charge in [-0.3, -0.25) is 0 Å². The van der Waals surface area contributed by atoms with E-state index in [2.05, 4.69) is 24.1 Å². The lowest BCUT2D eigenvalue weighted by Gasteiger charge is -2.21. The molecule has 1 aromatic heterocycles. The van der Waals surface area contributed by atoms with Crippen LogP contribution in [0.3, 0.4) is 0 Å². The summed E-state index contributed by atoms with van der Waals surface area (Å²) in [6, 6.07) is 0. The van der Waals surface area contributed by atoms with Gasteiger partial charge in [0.25, 0.3) is 0 Å². The van der Waals surface area contributed by atoms with E-state index in [4.69, 9.17) is 0 Å². The monoisotopic (exact) mass is 210 g/mol. The van der Waals surface area contributed by atoms with Crippen molar-refractivity contribution in [1.82, 2.24) is 10.3 Å². The van der Waals surface area contributed by atoms with Crippen LogP contribution >= 0.6 is 11.3 Å². The Labute approximate surface area is 89.8 Å². The predicted octanol–water partition coefficient (Wildman–Crippen LogP) is 2.48. The molecule has 0 fully saturated rings. The molecule has 1 aromatic rings. The molecule has 0 saturated heterocycles. The predicted molar refractivity (Wildman–Crippen MR) is 61.1 cm³/mol. The van der Waals surface area contributed by atoms with E-state index < -0.39 is 0 Å². The van der Waals surface area contributed by atoms with E-state index in [1.165, 1.54) is 34.8 Å². The van der Waals surface area contributed by atoms with Gasteiger partial charge in [0.05, 0.1) is 10.7 Å². The maximum Gasteiger partial charge on any atom is 0.0900 e. The van der Waals surface area contributed by atoms with Crippen molar-refractivity contribution in [3.63, 3.8) is 0 Å².